The van der Waals surface area contributed by atoms with Crippen LogP contribution >= 0.6 is 0 Å². The molecule has 0 bridgehead atoms. The Bertz CT molecular complexity index is 473. The molecule has 1 aromatic rings. The summed E-state index contributed by atoms with van der Waals surface area (Å²) in [5.74, 6) is -0.0532. The average Bonchev–Trinajstić information content (AvgIpc) is 2.53. The molecule has 114 valence electrons. The maximum atomic E-state index is 12.2. The molecule has 0 saturated carbocycles. The molecule has 0 spiro atoms. The van der Waals surface area contributed by atoms with Crippen molar-refractivity contribution in [3.05, 3.63) is 35.9 Å². The van der Waals surface area contributed by atoms with Gasteiger partial charge in [-0.1, -0.05) is 37.3 Å². The number of likely N-dealkylation sites (tertiary alicyclic amines) is 1. The summed E-state index contributed by atoms with van der Waals surface area (Å²) in [4.78, 5) is 26.0. The molecular formula is C17H24N2O2. The van der Waals surface area contributed by atoms with Gasteiger partial charge in [-0.15, -0.1) is 0 Å². The lowest BCUT2D eigenvalue weighted by atomic mass is 10.00. The molecule has 0 aromatic heterocycles. The van der Waals surface area contributed by atoms with Gasteiger partial charge in [-0.25, -0.2) is 0 Å². The van der Waals surface area contributed by atoms with E-state index in [9.17, 15) is 9.59 Å². The van der Waals surface area contributed by atoms with Crippen LogP contribution in [-0.2, 0) is 16.0 Å². The first-order valence-electron chi connectivity index (χ1n) is 7.80. The lowest BCUT2D eigenvalue weighted by Gasteiger charge is -2.35. The van der Waals surface area contributed by atoms with Crippen LogP contribution in [0.5, 0.6) is 0 Å². The van der Waals surface area contributed by atoms with Crippen molar-refractivity contribution in [1.82, 2.24) is 10.2 Å². The Morgan fingerprint density at radius 2 is 2.00 bits per heavy atom. The SMILES string of the molecule is CC[C@@H]1CCCCN1C(=O)CNC(=O)Cc1ccccc1. The summed E-state index contributed by atoms with van der Waals surface area (Å²) in [6.07, 6.45) is 4.66. The molecule has 2 amide bonds. The molecule has 1 fully saturated rings. The molecule has 0 aliphatic carbocycles. The van der Waals surface area contributed by atoms with Crippen LogP contribution in [0.15, 0.2) is 30.3 Å². The third-order valence-electron chi connectivity index (χ3n) is 4.06. The van der Waals surface area contributed by atoms with E-state index >= 15 is 0 Å². The number of carbonyl (C=O) groups excluding carboxylic acids is 2. The monoisotopic (exact) mass is 288 g/mol. The van der Waals surface area contributed by atoms with E-state index in [1.807, 2.05) is 35.2 Å². The third-order valence-corrected chi connectivity index (χ3v) is 4.06. The highest BCUT2D eigenvalue weighted by Gasteiger charge is 2.25. The van der Waals surface area contributed by atoms with E-state index in [-0.39, 0.29) is 18.4 Å². The van der Waals surface area contributed by atoms with Gasteiger partial charge >= 0.3 is 0 Å². The summed E-state index contributed by atoms with van der Waals surface area (Å²) in [6.45, 7) is 3.05. The molecule has 0 radical (unpaired) electrons. The van der Waals surface area contributed by atoms with Gasteiger partial charge in [-0.2, -0.15) is 0 Å². The van der Waals surface area contributed by atoms with Gasteiger partial charge in [0.1, 0.15) is 0 Å². The Hall–Kier alpha value is -1.84. The van der Waals surface area contributed by atoms with Crippen LogP contribution in [0.2, 0.25) is 0 Å². The number of piperidine rings is 1. The number of hydrogen-bond acceptors (Lipinski definition) is 2. The van der Waals surface area contributed by atoms with Gasteiger partial charge in [-0.3, -0.25) is 9.59 Å². The predicted octanol–water partition coefficient (Wildman–Crippen LogP) is 2.14. The van der Waals surface area contributed by atoms with Crippen LogP contribution in [0.3, 0.4) is 0 Å². The number of rotatable bonds is 5. The van der Waals surface area contributed by atoms with E-state index in [0.717, 1.165) is 31.4 Å². The minimum absolute atomic E-state index is 0.0444. The maximum absolute atomic E-state index is 12.2. The Morgan fingerprint density at radius 3 is 2.71 bits per heavy atom. The Morgan fingerprint density at radius 1 is 1.24 bits per heavy atom. The van der Waals surface area contributed by atoms with Gasteiger partial charge in [-0.05, 0) is 31.2 Å². The van der Waals surface area contributed by atoms with E-state index in [0.29, 0.717) is 12.5 Å². The molecule has 21 heavy (non-hydrogen) atoms. The molecule has 1 aromatic carbocycles. The van der Waals surface area contributed by atoms with Crippen molar-refractivity contribution in [3.63, 3.8) is 0 Å². The number of hydrogen-bond donors (Lipinski definition) is 1. The summed E-state index contributed by atoms with van der Waals surface area (Å²) in [5, 5.41) is 2.74. The first-order valence-corrected chi connectivity index (χ1v) is 7.80. The number of nitrogens with one attached hydrogen (secondary N) is 1. The van der Waals surface area contributed by atoms with Gasteiger partial charge in [0.2, 0.25) is 11.8 Å². The van der Waals surface area contributed by atoms with Crippen molar-refractivity contribution in [2.45, 2.75) is 45.1 Å². The first-order chi connectivity index (χ1) is 10.2. The number of benzene rings is 1. The number of nitrogens with zero attached hydrogens (tertiary/aromatic N) is 1. The van der Waals surface area contributed by atoms with E-state index in [2.05, 4.69) is 12.2 Å². The molecule has 1 aliphatic rings. The second-order valence-electron chi connectivity index (χ2n) is 5.58. The van der Waals surface area contributed by atoms with Gasteiger partial charge in [0.15, 0.2) is 0 Å². The second kappa shape index (κ2) is 7.81. The Kier molecular flexibility index (Phi) is 5.78. The lowest BCUT2D eigenvalue weighted by Crippen LogP contribution is -2.47. The topological polar surface area (TPSA) is 49.4 Å². The molecule has 2 rings (SSSR count). The van der Waals surface area contributed by atoms with Gasteiger partial charge < -0.3 is 10.2 Å². The van der Waals surface area contributed by atoms with Crippen LogP contribution in [0, 0.1) is 0 Å². The summed E-state index contributed by atoms with van der Waals surface area (Å²) in [7, 11) is 0. The van der Waals surface area contributed by atoms with Crippen molar-refractivity contribution in [3.8, 4) is 0 Å². The van der Waals surface area contributed by atoms with E-state index in [4.69, 9.17) is 0 Å². The molecule has 1 atom stereocenters. The highest BCUT2D eigenvalue weighted by Crippen LogP contribution is 2.19. The van der Waals surface area contributed by atoms with Crippen molar-refractivity contribution in [2.75, 3.05) is 13.1 Å². The van der Waals surface area contributed by atoms with Crippen LogP contribution in [-0.4, -0.2) is 35.8 Å². The van der Waals surface area contributed by atoms with Crippen LogP contribution in [0.25, 0.3) is 0 Å². The van der Waals surface area contributed by atoms with E-state index < -0.39 is 0 Å². The quantitative estimate of drug-likeness (QED) is 0.902. The maximum Gasteiger partial charge on any atom is 0.242 e. The fourth-order valence-corrected chi connectivity index (χ4v) is 2.87. The van der Waals surface area contributed by atoms with Crippen molar-refractivity contribution in [1.29, 1.82) is 0 Å². The molecule has 1 saturated heterocycles. The highest BCUT2D eigenvalue weighted by molar-refractivity contribution is 5.85. The normalized spacial score (nSPS) is 18.3. The molecule has 1 aliphatic heterocycles. The zero-order valence-electron chi connectivity index (χ0n) is 12.7. The highest BCUT2D eigenvalue weighted by atomic mass is 16.2. The molecule has 1 heterocycles. The van der Waals surface area contributed by atoms with Crippen molar-refractivity contribution < 1.29 is 9.59 Å². The largest absolute Gasteiger partial charge is 0.347 e. The third kappa shape index (κ3) is 4.59. The standard InChI is InChI=1S/C17H24N2O2/c1-2-15-10-6-7-11-19(15)17(21)13-18-16(20)12-14-8-4-3-5-9-14/h3-5,8-9,15H,2,6-7,10-13H2,1H3,(H,18,20)/t15-/m1/s1. The molecule has 0 unspecified atom stereocenters. The van der Waals surface area contributed by atoms with Crippen molar-refractivity contribution in [2.24, 2.45) is 0 Å². The molecular weight excluding hydrogens is 264 g/mol. The van der Waals surface area contributed by atoms with Gasteiger partial charge in [0, 0.05) is 12.6 Å². The Balaban J connectivity index is 1.79. The van der Waals surface area contributed by atoms with Gasteiger partial charge in [0.05, 0.1) is 13.0 Å². The van der Waals surface area contributed by atoms with E-state index in [1.54, 1.807) is 0 Å². The minimum Gasteiger partial charge on any atom is -0.347 e. The second-order valence-corrected chi connectivity index (χ2v) is 5.58. The average molecular weight is 288 g/mol. The fourth-order valence-electron chi connectivity index (χ4n) is 2.87. The summed E-state index contributed by atoms with van der Waals surface area (Å²) >= 11 is 0. The zero-order chi connectivity index (χ0) is 15.1. The lowest BCUT2D eigenvalue weighted by molar-refractivity contribution is -0.135. The predicted molar refractivity (Wildman–Crippen MR) is 82.8 cm³/mol. The smallest absolute Gasteiger partial charge is 0.242 e. The minimum atomic E-state index is -0.0976. The number of carbonyl (C=O) groups is 2. The molecule has 4 heteroatoms. The summed E-state index contributed by atoms with van der Waals surface area (Å²) in [5.41, 5.74) is 0.965. The molecule has 1 N–H and O–H groups in total. The molecule has 4 nitrogen and oxygen atoms in total. The first kappa shape index (κ1) is 15.5. The zero-order valence-corrected chi connectivity index (χ0v) is 12.7. The van der Waals surface area contributed by atoms with Crippen LogP contribution in [0.4, 0.5) is 0 Å². The van der Waals surface area contributed by atoms with Crippen LogP contribution < -0.4 is 5.32 Å². The van der Waals surface area contributed by atoms with Crippen LogP contribution in [0.1, 0.15) is 38.2 Å². The van der Waals surface area contributed by atoms with Crippen molar-refractivity contribution >= 4 is 11.8 Å². The number of amides is 2. The van der Waals surface area contributed by atoms with E-state index in [1.165, 1.54) is 6.42 Å². The fraction of sp³-hybridized carbons (Fsp3) is 0.529. The summed E-state index contributed by atoms with van der Waals surface area (Å²) in [6, 6.07) is 9.92. The Labute approximate surface area is 126 Å². The van der Waals surface area contributed by atoms with Gasteiger partial charge in [0.25, 0.3) is 0 Å². The summed E-state index contributed by atoms with van der Waals surface area (Å²) < 4.78 is 0.